The lowest BCUT2D eigenvalue weighted by molar-refractivity contribution is 0.0692. The summed E-state index contributed by atoms with van der Waals surface area (Å²) in [6, 6.07) is 13.4. The molecule has 1 aliphatic heterocycles. The summed E-state index contributed by atoms with van der Waals surface area (Å²) in [4.78, 5) is 12.5. The largest absolute Gasteiger partial charge is 0.490 e. The monoisotopic (exact) mass is 364 g/mol. The van der Waals surface area contributed by atoms with Crippen molar-refractivity contribution in [2.45, 2.75) is 16.6 Å². The fourth-order valence-corrected chi connectivity index (χ4v) is 4.05. The molecule has 0 aliphatic carbocycles. The van der Waals surface area contributed by atoms with Crippen molar-refractivity contribution in [2.24, 2.45) is 0 Å². The maximum atomic E-state index is 11.2. The number of hydrogen-bond acceptors (Lipinski definition) is 3. The van der Waals surface area contributed by atoms with Crippen molar-refractivity contribution in [1.29, 1.82) is 0 Å². The van der Waals surface area contributed by atoms with Crippen LogP contribution < -0.4 is 4.74 Å². The molecule has 3 nitrogen and oxygen atoms in total. The molecule has 2 aromatic carbocycles. The first-order valence-corrected chi connectivity index (χ1v) is 8.21. The van der Waals surface area contributed by atoms with E-state index in [0.29, 0.717) is 22.1 Å². The van der Waals surface area contributed by atoms with Crippen LogP contribution in [0.4, 0.5) is 0 Å². The molecule has 1 heterocycles. The summed E-state index contributed by atoms with van der Waals surface area (Å²) < 4.78 is 6.47. The van der Waals surface area contributed by atoms with Gasteiger partial charge in [-0.15, -0.1) is 11.8 Å². The van der Waals surface area contributed by atoms with Crippen LogP contribution in [0.15, 0.2) is 51.8 Å². The molecule has 1 unspecified atom stereocenters. The third kappa shape index (κ3) is 3.09. The Morgan fingerprint density at radius 2 is 2.10 bits per heavy atom. The van der Waals surface area contributed by atoms with Gasteiger partial charge in [-0.1, -0.05) is 24.3 Å². The number of rotatable bonds is 4. The van der Waals surface area contributed by atoms with E-state index >= 15 is 0 Å². The molecule has 1 N–H and O–H groups in total. The number of halogens is 1. The number of carbonyl (C=O) groups is 1. The average molecular weight is 365 g/mol. The highest BCUT2D eigenvalue weighted by Crippen LogP contribution is 2.38. The van der Waals surface area contributed by atoms with Gasteiger partial charge < -0.3 is 9.84 Å². The van der Waals surface area contributed by atoms with Crippen LogP contribution in [0.25, 0.3) is 0 Å². The smallest absolute Gasteiger partial charge is 0.339 e. The number of aromatic carboxylic acids is 1. The van der Waals surface area contributed by atoms with Crippen LogP contribution in [0.2, 0.25) is 0 Å². The van der Waals surface area contributed by atoms with Crippen LogP contribution in [-0.2, 0) is 6.42 Å². The normalized spacial score (nSPS) is 16.5. The van der Waals surface area contributed by atoms with E-state index in [1.165, 1.54) is 10.5 Å². The Balaban J connectivity index is 1.71. The molecule has 0 fully saturated rings. The Kier molecular flexibility index (Phi) is 4.22. The van der Waals surface area contributed by atoms with E-state index in [0.717, 1.165) is 6.42 Å². The molecule has 0 saturated heterocycles. The maximum Gasteiger partial charge on any atom is 0.339 e. The Morgan fingerprint density at radius 1 is 1.29 bits per heavy atom. The van der Waals surface area contributed by atoms with Crippen molar-refractivity contribution >= 4 is 33.7 Å². The fourth-order valence-electron chi connectivity index (χ4n) is 2.35. The summed E-state index contributed by atoms with van der Waals surface area (Å²) in [7, 11) is 0. The first kappa shape index (κ1) is 14.5. The Hall–Kier alpha value is -1.46. The first-order chi connectivity index (χ1) is 10.1. The summed E-state index contributed by atoms with van der Waals surface area (Å²) in [5, 5.41) is 9.53. The van der Waals surface area contributed by atoms with Gasteiger partial charge in [0.25, 0.3) is 0 Å². The predicted molar refractivity (Wildman–Crippen MR) is 86.4 cm³/mol. The molecule has 0 saturated carbocycles. The molecule has 0 spiro atoms. The zero-order chi connectivity index (χ0) is 14.8. The van der Waals surface area contributed by atoms with E-state index in [4.69, 9.17) is 4.74 Å². The van der Waals surface area contributed by atoms with Crippen molar-refractivity contribution in [1.82, 2.24) is 0 Å². The zero-order valence-corrected chi connectivity index (χ0v) is 13.5. The summed E-state index contributed by atoms with van der Waals surface area (Å²) in [5.74, 6) is -0.574. The van der Waals surface area contributed by atoms with Crippen LogP contribution in [0.3, 0.4) is 0 Å². The van der Waals surface area contributed by atoms with E-state index in [-0.39, 0.29) is 5.56 Å². The molecule has 2 aromatic rings. The number of ether oxygens (including phenoxy) is 1. The van der Waals surface area contributed by atoms with E-state index in [1.54, 1.807) is 30.0 Å². The maximum absolute atomic E-state index is 11.2. The molecule has 0 aromatic heterocycles. The third-order valence-electron chi connectivity index (χ3n) is 3.32. The van der Waals surface area contributed by atoms with Crippen LogP contribution in [0, 0.1) is 0 Å². The summed E-state index contributed by atoms with van der Waals surface area (Å²) >= 11 is 5.15. The summed E-state index contributed by atoms with van der Waals surface area (Å²) in [5.41, 5.74) is 1.52. The Morgan fingerprint density at radius 3 is 2.86 bits per heavy atom. The third-order valence-corrected chi connectivity index (χ3v) is 5.24. The number of carboxylic acid groups (broad SMARTS) is 1. The van der Waals surface area contributed by atoms with Gasteiger partial charge in [0, 0.05) is 10.1 Å². The standard InChI is InChI=1S/C16H13BrO3S/c17-13-6-3-5-12(16(18)19)15(13)20-9-11-8-10-4-1-2-7-14(10)21-11/h1-7,11H,8-9H2,(H,18,19). The van der Waals surface area contributed by atoms with E-state index in [1.807, 2.05) is 12.1 Å². The van der Waals surface area contributed by atoms with Gasteiger partial charge in [-0.05, 0) is 46.1 Å². The number of hydrogen-bond donors (Lipinski definition) is 1. The van der Waals surface area contributed by atoms with Crippen molar-refractivity contribution in [3.05, 3.63) is 58.1 Å². The van der Waals surface area contributed by atoms with Gasteiger partial charge in [-0.3, -0.25) is 0 Å². The highest BCUT2D eigenvalue weighted by atomic mass is 79.9. The molecule has 1 aliphatic rings. The fraction of sp³-hybridized carbons (Fsp3) is 0.188. The highest BCUT2D eigenvalue weighted by Gasteiger charge is 2.23. The second-order valence-corrected chi connectivity index (χ2v) is 6.98. The van der Waals surface area contributed by atoms with E-state index in [2.05, 4.69) is 28.1 Å². The number of para-hydroxylation sites is 1. The van der Waals surface area contributed by atoms with Crippen LogP contribution in [0.5, 0.6) is 5.75 Å². The van der Waals surface area contributed by atoms with Crippen molar-refractivity contribution in [3.63, 3.8) is 0 Å². The van der Waals surface area contributed by atoms with Crippen molar-refractivity contribution < 1.29 is 14.6 Å². The van der Waals surface area contributed by atoms with Crippen LogP contribution in [0.1, 0.15) is 15.9 Å². The van der Waals surface area contributed by atoms with E-state index < -0.39 is 5.97 Å². The minimum atomic E-state index is -0.978. The molecule has 3 rings (SSSR count). The van der Waals surface area contributed by atoms with E-state index in [9.17, 15) is 9.90 Å². The lowest BCUT2D eigenvalue weighted by atomic mass is 10.1. The lowest BCUT2D eigenvalue weighted by Crippen LogP contribution is -2.15. The SMILES string of the molecule is O=C(O)c1cccc(Br)c1OCC1Cc2ccccc2S1. The molecule has 0 amide bonds. The van der Waals surface area contributed by atoms with Crippen LogP contribution in [-0.4, -0.2) is 22.9 Å². The minimum Gasteiger partial charge on any atom is -0.490 e. The molecule has 0 radical (unpaired) electrons. The molecular weight excluding hydrogens is 352 g/mol. The van der Waals surface area contributed by atoms with Crippen molar-refractivity contribution in [3.8, 4) is 5.75 Å². The van der Waals surface area contributed by atoms with Gasteiger partial charge in [0.2, 0.25) is 0 Å². The highest BCUT2D eigenvalue weighted by molar-refractivity contribution is 9.10. The first-order valence-electron chi connectivity index (χ1n) is 6.54. The number of carboxylic acids is 1. The van der Waals surface area contributed by atoms with Gasteiger partial charge in [0.15, 0.2) is 0 Å². The topological polar surface area (TPSA) is 46.5 Å². The quantitative estimate of drug-likeness (QED) is 0.880. The second-order valence-electron chi connectivity index (χ2n) is 4.78. The Labute approximate surface area is 135 Å². The van der Waals surface area contributed by atoms with Crippen molar-refractivity contribution in [2.75, 3.05) is 6.61 Å². The summed E-state index contributed by atoms with van der Waals surface area (Å²) in [6.07, 6.45) is 0.952. The zero-order valence-electron chi connectivity index (χ0n) is 11.1. The minimum absolute atomic E-state index is 0.185. The number of thioether (sulfide) groups is 1. The van der Waals surface area contributed by atoms with Crippen LogP contribution >= 0.6 is 27.7 Å². The van der Waals surface area contributed by atoms with Gasteiger partial charge in [-0.2, -0.15) is 0 Å². The molecular formula is C16H13BrO3S. The second kappa shape index (κ2) is 6.12. The predicted octanol–water partition coefficient (Wildman–Crippen LogP) is 4.24. The molecule has 21 heavy (non-hydrogen) atoms. The average Bonchev–Trinajstić information content (AvgIpc) is 2.88. The molecule has 5 heteroatoms. The molecule has 0 bridgehead atoms. The molecule has 1 atom stereocenters. The van der Waals surface area contributed by atoms with Gasteiger partial charge in [-0.25, -0.2) is 4.79 Å². The Bertz CT molecular complexity index is 662. The lowest BCUT2D eigenvalue weighted by Gasteiger charge is -2.14. The van der Waals surface area contributed by atoms with Gasteiger partial charge >= 0.3 is 5.97 Å². The molecule has 108 valence electrons. The van der Waals surface area contributed by atoms with Gasteiger partial charge in [0.1, 0.15) is 17.9 Å². The number of fused-ring (bicyclic) bond motifs is 1. The number of benzene rings is 2. The summed E-state index contributed by atoms with van der Waals surface area (Å²) in [6.45, 7) is 0.488. The van der Waals surface area contributed by atoms with Gasteiger partial charge in [0.05, 0.1) is 4.47 Å².